The largest absolute Gasteiger partial charge is 0.465 e. The van der Waals surface area contributed by atoms with Crippen molar-refractivity contribution in [1.82, 2.24) is 0 Å². The molecule has 148 valence electrons. The molecule has 1 saturated carbocycles. The summed E-state index contributed by atoms with van der Waals surface area (Å²) in [4.78, 5) is 36.1. The molecule has 0 aromatic rings. The fourth-order valence-corrected chi connectivity index (χ4v) is 5.53. The van der Waals surface area contributed by atoms with Gasteiger partial charge in [0.05, 0.1) is 29.6 Å². The molecule has 0 radical (unpaired) electrons. The molecule has 1 spiro atoms. The zero-order valence-electron chi connectivity index (χ0n) is 15.8. The fraction of sp³-hybridized carbons (Fsp3) is 0.737. The van der Waals surface area contributed by atoms with E-state index in [-0.39, 0.29) is 12.7 Å². The maximum absolute atomic E-state index is 12.7. The van der Waals surface area contributed by atoms with E-state index < -0.39 is 52.5 Å². The van der Waals surface area contributed by atoms with Gasteiger partial charge in [-0.25, -0.2) is 0 Å². The summed E-state index contributed by atoms with van der Waals surface area (Å²) in [6.07, 6.45) is -1.06. The lowest BCUT2D eigenvalue weighted by Gasteiger charge is -2.59. The van der Waals surface area contributed by atoms with Crippen LogP contribution >= 0.6 is 0 Å². The summed E-state index contributed by atoms with van der Waals surface area (Å²) in [5.41, 5.74) is -2.69. The number of fused-ring (bicyclic) bond motifs is 2. The topological polar surface area (TPSA) is 112 Å². The van der Waals surface area contributed by atoms with Crippen molar-refractivity contribution in [1.29, 1.82) is 0 Å². The quantitative estimate of drug-likeness (QED) is 0.550. The third kappa shape index (κ3) is 2.12. The summed E-state index contributed by atoms with van der Waals surface area (Å²) in [5.74, 6) is -1.45. The summed E-state index contributed by atoms with van der Waals surface area (Å²) in [7, 11) is 0. The van der Waals surface area contributed by atoms with Crippen LogP contribution in [0.15, 0.2) is 11.6 Å². The van der Waals surface area contributed by atoms with Gasteiger partial charge >= 0.3 is 11.9 Å². The molecule has 8 heteroatoms. The van der Waals surface area contributed by atoms with Crippen LogP contribution in [0.4, 0.5) is 0 Å². The number of aliphatic hydroxyl groups excluding tert-OH is 1. The van der Waals surface area contributed by atoms with Gasteiger partial charge in [-0.1, -0.05) is 6.92 Å². The number of rotatable bonds is 3. The third-order valence-corrected chi connectivity index (χ3v) is 7.06. The minimum absolute atomic E-state index is 0.240. The van der Waals surface area contributed by atoms with Gasteiger partial charge < -0.3 is 24.1 Å². The van der Waals surface area contributed by atoms with Gasteiger partial charge in [-0.05, 0) is 18.6 Å². The number of Topliss-reactive ketones (excluding diaryl/α,β-unsaturated/α-hetero) is 1. The van der Waals surface area contributed by atoms with Crippen LogP contribution in [0.2, 0.25) is 0 Å². The Hall–Kier alpha value is -1.77. The highest BCUT2D eigenvalue weighted by Crippen LogP contribution is 2.71. The standard InChI is InChI=1S/C19H24O8/c1-9-5-13-18(7-24-10(2)20,16(23)15(9)22)17(4)12(26-11(3)21)6-14(27-13)19(17)8-25-19/h5,12-14,16,23H,6-8H2,1-4H3/t12-,13+,14+,16+,17+,18+,19-/m0/s1. The van der Waals surface area contributed by atoms with Gasteiger partial charge in [0.15, 0.2) is 5.78 Å². The van der Waals surface area contributed by atoms with Crippen LogP contribution in [0.5, 0.6) is 0 Å². The Labute approximate surface area is 156 Å². The van der Waals surface area contributed by atoms with Crippen molar-refractivity contribution in [3.05, 3.63) is 11.6 Å². The van der Waals surface area contributed by atoms with Gasteiger partial charge in [-0.3, -0.25) is 14.4 Å². The highest BCUT2D eigenvalue weighted by atomic mass is 16.6. The molecule has 0 unspecified atom stereocenters. The van der Waals surface area contributed by atoms with Crippen LogP contribution in [0.25, 0.3) is 0 Å². The molecule has 7 atom stereocenters. The molecular formula is C19H24O8. The number of hydrogen-bond acceptors (Lipinski definition) is 8. The Morgan fingerprint density at radius 2 is 2.00 bits per heavy atom. The van der Waals surface area contributed by atoms with Crippen LogP contribution in [0, 0.1) is 10.8 Å². The molecule has 2 saturated heterocycles. The van der Waals surface area contributed by atoms with Crippen molar-refractivity contribution in [3.8, 4) is 0 Å². The lowest BCUT2D eigenvalue weighted by atomic mass is 9.50. The molecule has 8 nitrogen and oxygen atoms in total. The number of epoxide rings is 1. The first kappa shape index (κ1) is 18.6. The van der Waals surface area contributed by atoms with E-state index in [9.17, 15) is 19.5 Å². The molecule has 0 aromatic heterocycles. The van der Waals surface area contributed by atoms with Gasteiger partial charge in [0, 0.05) is 20.3 Å². The molecule has 0 amide bonds. The number of ether oxygens (including phenoxy) is 4. The van der Waals surface area contributed by atoms with E-state index in [1.165, 1.54) is 13.8 Å². The first-order valence-electron chi connectivity index (χ1n) is 9.11. The van der Waals surface area contributed by atoms with E-state index >= 15 is 0 Å². The normalized spacial score (nSPS) is 47.3. The summed E-state index contributed by atoms with van der Waals surface area (Å²) >= 11 is 0. The zero-order valence-corrected chi connectivity index (χ0v) is 15.8. The van der Waals surface area contributed by atoms with Crippen molar-refractivity contribution in [2.45, 2.75) is 64.1 Å². The first-order valence-corrected chi connectivity index (χ1v) is 9.11. The van der Waals surface area contributed by atoms with Gasteiger partial charge in [-0.2, -0.15) is 0 Å². The predicted octanol–water partition coefficient (Wildman–Crippen LogP) is 0.304. The minimum atomic E-state index is -1.48. The van der Waals surface area contributed by atoms with Gasteiger partial charge in [0.1, 0.15) is 24.4 Å². The Bertz CT molecular complexity index is 753. The first-order chi connectivity index (χ1) is 12.6. The van der Waals surface area contributed by atoms with Crippen molar-refractivity contribution >= 4 is 17.7 Å². The number of hydrogen-bond donors (Lipinski definition) is 1. The summed E-state index contributed by atoms with van der Waals surface area (Å²) in [6.45, 7) is 6.17. The molecule has 2 heterocycles. The van der Waals surface area contributed by atoms with Gasteiger partial charge in [0.2, 0.25) is 0 Å². The van der Waals surface area contributed by atoms with E-state index in [1.54, 1.807) is 13.0 Å². The Balaban J connectivity index is 1.91. The van der Waals surface area contributed by atoms with Crippen molar-refractivity contribution < 1.29 is 38.4 Å². The van der Waals surface area contributed by atoms with E-state index in [0.29, 0.717) is 18.6 Å². The number of carbonyl (C=O) groups excluding carboxylic acids is 3. The van der Waals surface area contributed by atoms with E-state index in [1.807, 2.05) is 6.92 Å². The van der Waals surface area contributed by atoms with E-state index in [4.69, 9.17) is 18.9 Å². The average Bonchev–Trinajstić information content (AvgIpc) is 3.35. The second-order valence-corrected chi connectivity index (χ2v) is 8.20. The molecule has 0 aromatic carbocycles. The Kier molecular flexibility index (Phi) is 3.87. The zero-order chi connectivity index (χ0) is 19.8. The second kappa shape index (κ2) is 5.62. The maximum Gasteiger partial charge on any atom is 0.302 e. The smallest absolute Gasteiger partial charge is 0.302 e. The fourth-order valence-electron chi connectivity index (χ4n) is 5.53. The van der Waals surface area contributed by atoms with E-state index in [2.05, 4.69) is 0 Å². The van der Waals surface area contributed by atoms with Crippen LogP contribution in [0.1, 0.15) is 34.1 Å². The van der Waals surface area contributed by atoms with Crippen molar-refractivity contribution in [2.75, 3.05) is 13.2 Å². The minimum Gasteiger partial charge on any atom is -0.465 e. The van der Waals surface area contributed by atoms with Crippen LogP contribution in [-0.2, 0) is 33.3 Å². The van der Waals surface area contributed by atoms with Crippen molar-refractivity contribution in [2.24, 2.45) is 10.8 Å². The SMILES string of the molecule is CC(=O)OC[C@]12[C@H](O)C(=O)C(C)=C[C@H]1O[C@@H]1C[C@H](OC(C)=O)[C@@]2(C)[C@]12CO2. The van der Waals surface area contributed by atoms with Crippen LogP contribution < -0.4 is 0 Å². The lowest BCUT2D eigenvalue weighted by molar-refractivity contribution is -0.257. The Morgan fingerprint density at radius 1 is 1.33 bits per heavy atom. The third-order valence-electron chi connectivity index (χ3n) is 7.06. The molecule has 27 heavy (non-hydrogen) atoms. The molecule has 2 aliphatic carbocycles. The molecule has 2 bridgehead atoms. The van der Waals surface area contributed by atoms with Gasteiger partial charge in [-0.15, -0.1) is 0 Å². The molecule has 4 aliphatic rings. The maximum atomic E-state index is 12.7. The average molecular weight is 380 g/mol. The lowest BCUT2D eigenvalue weighted by Crippen LogP contribution is -2.72. The van der Waals surface area contributed by atoms with Gasteiger partial charge in [0.25, 0.3) is 0 Å². The summed E-state index contributed by atoms with van der Waals surface area (Å²) in [6, 6.07) is 0. The second-order valence-electron chi connectivity index (χ2n) is 8.20. The molecule has 3 fully saturated rings. The number of aliphatic hydroxyl groups is 1. The molecule has 2 aliphatic heterocycles. The van der Waals surface area contributed by atoms with Crippen molar-refractivity contribution in [3.63, 3.8) is 0 Å². The number of esters is 2. The summed E-state index contributed by atoms with van der Waals surface area (Å²) in [5, 5.41) is 11.1. The Morgan fingerprint density at radius 3 is 2.56 bits per heavy atom. The summed E-state index contributed by atoms with van der Waals surface area (Å²) < 4.78 is 23.0. The predicted molar refractivity (Wildman–Crippen MR) is 89.5 cm³/mol. The monoisotopic (exact) mass is 380 g/mol. The highest BCUT2D eigenvalue weighted by Gasteiger charge is 2.85. The van der Waals surface area contributed by atoms with Crippen LogP contribution in [0.3, 0.4) is 0 Å². The number of carbonyl (C=O) groups is 3. The molecule has 1 N–H and O–H groups in total. The highest BCUT2D eigenvalue weighted by molar-refractivity contribution is 6.00. The van der Waals surface area contributed by atoms with Crippen LogP contribution in [-0.4, -0.2) is 66.1 Å². The molecular weight excluding hydrogens is 356 g/mol. The molecule has 4 rings (SSSR count). The number of ketones is 1. The van der Waals surface area contributed by atoms with E-state index in [0.717, 1.165) is 0 Å².